The molecule has 0 spiro atoms. The second-order valence-corrected chi connectivity index (χ2v) is 5.82. The van der Waals surface area contributed by atoms with Crippen LogP contribution >= 0.6 is 0 Å². The molecule has 2 unspecified atom stereocenters. The van der Waals surface area contributed by atoms with E-state index in [1.807, 2.05) is 0 Å². The summed E-state index contributed by atoms with van der Waals surface area (Å²) in [6.45, 7) is 9.82. The largest absolute Gasteiger partial charge is 0.326 e. The molecular formula is C16H26N2. The molecule has 100 valence electrons. The lowest BCUT2D eigenvalue weighted by atomic mass is 9.94. The van der Waals surface area contributed by atoms with Crippen LogP contribution in [0, 0.1) is 27.7 Å². The van der Waals surface area contributed by atoms with Gasteiger partial charge in [-0.25, -0.2) is 0 Å². The van der Waals surface area contributed by atoms with Crippen molar-refractivity contribution < 1.29 is 0 Å². The molecule has 0 aliphatic heterocycles. The first-order chi connectivity index (χ1) is 8.50. The van der Waals surface area contributed by atoms with Crippen LogP contribution in [0.4, 0.5) is 0 Å². The molecule has 2 rings (SSSR count). The van der Waals surface area contributed by atoms with Crippen LogP contribution in [-0.4, -0.2) is 12.1 Å². The Bertz CT molecular complexity index is 411. The number of hydrogen-bond acceptors (Lipinski definition) is 2. The van der Waals surface area contributed by atoms with E-state index in [-0.39, 0.29) is 0 Å². The fourth-order valence-corrected chi connectivity index (χ4v) is 3.04. The van der Waals surface area contributed by atoms with Crippen molar-refractivity contribution in [1.29, 1.82) is 0 Å². The van der Waals surface area contributed by atoms with E-state index in [1.54, 1.807) is 0 Å². The normalized spacial score (nSPS) is 23.6. The van der Waals surface area contributed by atoms with E-state index in [0.717, 1.165) is 6.54 Å². The number of nitrogens with one attached hydrogen (secondary N) is 1. The van der Waals surface area contributed by atoms with Crippen molar-refractivity contribution >= 4 is 0 Å². The van der Waals surface area contributed by atoms with Gasteiger partial charge in [0.1, 0.15) is 0 Å². The Balaban J connectivity index is 2.13. The van der Waals surface area contributed by atoms with Gasteiger partial charge in [-0.3, -0.25) is 0 Å². The van der Waals surface area contributed by atoms with Crippen LogP contribution in [-0.2, 0) is 6.54 Å². The maximum atomic E-state index is 6.12. The molecule has 3 N–H and O–H groups in total. The Labute approximate surface area is 111 Å². The highest BCUT2D eigenvalue weighted by Crippen LogP contribution is 2.23. The third kappa shape index (κ3) is 2.60. The van der Waals surface area contributed by atoms with Crippen LogP contribution < -0.4 is 11.1 Å². The molecule has 1 aliphatic carbocycles. The molecule has 0 aromatic heterocycles. The summed E-state index contributed by atoms with van der Waals surface area (Å²) in [5.74, 6) is 0. The standard InChI is InChI=1S/C16H26N2/c1-10-8-11(2)13(4)14(12(10)3)9-18-16-7-5-6-15(16)17/h8,15-16,18H,5-7,9,17H2,1-4H3. The predicted octanol–water partition coefficient (Wildman–Crippen LogP) is 2.89. The number of benzene rings is 1. The monoisotopic (exact) mass is 246 g/mol. The number of nitrogens with two attached hydrogens (primary N) is 1. The van der Waals surface area contributed by atoms with Gasteiger partial charge in [-0.05, 0) is 68.4 Å². The van der Waals surface area contributed by atoms with Gasteiger partial charge in [-0.2, -0.15) is 0 Å². The average Bonchev–Trinajstić information content (AvgIpc) is 2.73. The number of hydrogen-bond donors (Lipinski definition) is 2. The van der Waals surface area contributed by atoms with E-state index >= 15 is 0 Å². The number of aryl methyl sites for hydroxylation is 2. The predicted molar refractivity (Wildman–Crippen MR) is 77.8 cm³/mol. The second-order valence-electron chi connectivity index (χ2n) is 5.82. The highest BCUT2D eigenvalue weighted by molar-refractivity contribution is 5.43. The zero-order valence-electron chi connectivity index (χ0n) is 12.1. The van der Waals surface area contributed by atoms with Gasteiger partial charge in [0.25, 0.3) is 0 Å². The molecule has 1 aromatic carbocycles. The van der Waals surface area contributed by atoms with Crippen molar-refractivity contribution in [3.05, 3.63) is 33.9 Å². The van der Waals surface area contributed by atoms with Crippen molar-refractivity contribution in [2.45, 2.75) is 65.6 Å². The molecule has 0 saturated heterocycles. The highest BCUT2D eigenvalue weighted by atomic mass is 15.0. The smallest absolute Gasteiger partial charge is 0.0222 e. The minimum atomic E-state index is 0.344. The van der Waals surface area contributed by atoms with Gasteiger partial charge in [-0.15, -0.1) is 0 Å². The summed E-state index contributed by atoms with van der Waals surface area (Å²) in [4.78, 5) is 0. The topological polar surface area (TPSA) is 38.0 Å². The van der Waals surface area contributed by atoms with Gasteiger partial charge < -0.3 is 11.1 Å². The molecule has 2 nitrogen and oxygen atoms in total. The van der Waals surface area contributed by atoms with E-state index in [0.29, 0.717) is 12.1 Å². The molecule has 0 amide bonds. The lowest BCUT2D eigenvalue weighted by molar-refractivity contribution is 0.474. The molecule has 0 radical (unpaired) electrons. The minimum Gasteiger partial charge on any atom is -0.326 e. The lowest BCUT2D eigenvalue weighted by Crippen LogP contribution is -2.40. The molecule has 0 heterocycles. The molecule has 1 fully saturated rings. The van der Waals surface area contributed by atoms with Crippen LogP contribution in [0.1, 0.15) is 47.1 Å². The van der Waals surface area contributed by atoms with Crippen LogP contribution in [0.25, 0.3) is 0 Å². The van der Waals surface area contributed by atoms with Crippen LogP contribution in [0.2, 0.25) is 0 Å². The second kappa shape index (κ2) is 5.41. The molecule has 1 aliphatic rings. The van der Waals surface area contributed by atoms with Gasteiger partial charge in [-0.1, -0.05) is 12.5 Å². The van der Waals surface area contributed by atoms with Gasteiger partial charge in [0.05, 0.1) is 0 Å². The summed E-state index contributed by atoms with van der Waals surface area (Å²) in [6, 6.07) is 3.14. The van der Waals surface area contributed by atoms with Crippen molar-refractivity contribution in [2.75, 3.05) is 0 Å². The zero-order valence-corrected chi connectivity index (χ0v) is 12.1. The zero-order chi connectivity index (χ0) is 13.3. The fraction of sp³-hybridized carbons (Fsp3) is 0.625. The Morgan fingerprint density at radius 3 is 2.22 bits per heavy atom. The third-order valence-electron chi connectivity index (χ3n) is 4.63. The summed E-state index contributed by atoms with van der Waals surface area (Å²) in [5, 5.41) is 3.66. The van der Waals surface area contributed by atoms with Gasteiger partial charge in [0.2, 0.25) is 0 Å². The molecule has 18 heavy (non-hydrogen) atoms. The molecule has 1 saturated carbocycles. The maximum Gasteiger partial charge on any atom is 0.0222 e. The highest BCUT2D eigenvalue weighted by Gasteiger charge is 2.23. The minimum absolute atomic E-state index is 0.344. The third-order valence-corrected chi connectivity index (χ3v) is 4.63. The van der Waals surface area contributed by atoms with E-state index in [2.05, 4.69) is 39.1 Å². The van der Waals surface area contributed by atoms with Gasteiger partial charge in [0, 0.05) is 18.6 Å². The number of rotatable bonds is 3. The summed E-state index contributed by atoms with van der Waals surface area (Å²) in [5.41, 5.74) is 13.2. The Morgan fingerprint density at radius 2 is 1.72 bits per heavy atom. The maximum absolute atomic E-state index is 6.12. The lowest BCUT2D eigenvalue weighted by Gasteiger charge is -2.21. The molecule has 2 atom stereocenters. The van der Waals surface area contributed by atoms with Crippen LogP contribution in [0.5, 0.6) is 0 Å². The van der Waals surface area contributed by atoms with Gasteiger partial charge in [0.15, 0.2) is 0 Å². The average molecular weight is 246 g/mol. The Kier molecular flexibility index (Phi) is 4.08. The quantitative estimate of drug-likeness (QED) is 0.860. The van der Waals surface area contributed by atoms with Crippen molar-refractivity contribution in [3.63, 3.8) is 0 Å². The summed E-state index contributed by atoms with van der Waals surface area (Å²) in [7, 11) is 0. The molecule has 0 bridgehead atoms. The first-order valence-electron chi connectivity index (χ1n) is 7.06. The van der Waals surface area contributed by atoms with E-state index in [9.17, 15) is 0 Å². The molecule has 2 heteroatoms. The summed E-state index contributed by atoms with van der Waals surface area (Å²) < 4.78 is 0. The van der Waals surface area contributed by atoms with E-state index in [4.69, 9.17) is 5.73 Å². The SMILES string of the molecule is Cc1cc(C)c(C)c(CNC2CCCC2N)c1C. The van der Waals surface area contributed by atoms with Crippen LogP contribution in [0.15, 0.2) is 6.07 Å². The first-order valence-corrected chi connectivity index (χ1v) is 7.06. The fourth-order valence-electron chi connectivity index (χ4n) is 3.04. The van der Waals surface area contributed by atoms with Crippen LogP contribution in [0.3, 0.4) is 0 Å². The molecule has 1 aromatic rings. The summed E-state index contributed by atoms with van der Waals surface area (Å²) >= 11 is 0. The van der Waals surface area contributed by atoms with E-state index < -0.39 is 0 Å². The van der Waals surface area contributed by atoms with Crippen molar-refractivity contribution in [3.8, 4) is 0 Å². The van der Waals surface area contributed by atoms with Gasteiger partial charge >= 0.3 is 0 Å². The Morgan fingerprint density at radius 1 is 1.11 bits per heavy atom. The van der Waals surface area contributed by atoms with Crippen molar-refractivity contribution in [2.24, 2.45) is 5.73 Å². The first kappa shape index (κ1) is 13.6. The van der Waals surface area contributed by atoms with Crippen molar-refractivity contribution in [1.82, 2.24) is 5.32 Å². The molecular weight excluding hydrogens is 220 g/mol. The van der Waals surface area contributed by atoms with E-state index in [1.165, 1.54) is 47.1 Å². The summed E-state index contributed by atoms with van der Waals surface area (Å²) in [6.07, 6.45) is 3.66. The Hall–Kier alpha value is -0.860.